The minimum absolute atomic E-state index is 0.0305. The Balaban J connectivity index is 1.72. The Bertz CT molecular complexity index is 1470. The first-order valence-electron chi connectivity index (χ1n) is 12.6. The predicted octanol–water partition coefficient (Wildman–Crippen LogP) is 5.16. The van der Waals surface area contributed by atoms with Crippen molar-refractivity contribution in [3.8, 4) is 16.9 Å². The van der Waals surface area contributed by atoms with Crippen LogP contribution < -0.4 is 11.2 Å². The van der Waals surface area contributed by atoms with E-state index >= 15 is 0 Å². The number of hydrogen-bond donors (Lipinski definition) is 0. The quantitative estimate of drug-likeness (QED) is 0.413. The van der Waals surface area contributed by atoms with Crippen LogP contribution in [0.3, 0.4) is 0 Å². The lowest BCUT2D eigenvalue weighted by atomic mass is 9.88. The van der Waals surface area contributed by atoms with Crippen LogP contribution in [0.5, 0.6) is 0 Å². The molecule has 2 aromatic heterocycles. The highest BCUT2D eigenvalue weighted by Crippen LogP contribution is 2.33. The Kier molecular flexibility index (Phi) is 6.48. The third kappa shape index (κ3) is 4.39. The lowest BCUT2D eigenvalue weighted by Gasteiger charge is -2.23. The molecule has 1 aliphatic heterocycles. The van der Waals surface area contributed by atoms with Gasteiger partial charge in [0.05, 0.1) is 16.9 Å². The average Bonchev–Trinajstić information content (AvgIpc) is 3.13. The SMILES string of the molecule is CCn1c(=O)cc(C2CCCCOCC2)c2cc(-n3c(-c4ccc(C)cc4)cn(C)c3=O)ccc21. The van der Waals surface area contributed by atoms with E-state index < -0.39 is 0 Å². The number of aryl methyl sites for hydroxylation is 3. The van der Waals surface area contributed by atoms with Crippen LogP contribution in [-0.2, 0) is 18.3 Å². The van der Waals surface area contributed by atoms with Crippen LogP contribution in [0.25, 0.3) is 27.8 Å². The Labute approximate surface area is 205 Å². The summed E-state index contributed by atoms with van der Waals surface area (Å²) in [6.07, 6.45) is 5.95. The van der Waals surface area contributed by atoms with E-state index in [2.05, 4.69) is 37.3 Å². The fourth-order valence-electron chi connectivity index (χ4n) is 5.31. The molecule has 1 saturated heterocycles. The molecule has 6 nitrogen and oxygen atoms in total. The van der Waals surface area contributed by atoms with Gasteiger partial charge in [0.1, 0.15) is 0 Å². The third-order valence-corrected chi connectivity index (χ3v) is 7.24. The Morgan fingerprint density at radius 1 is 0.971 bits per heavy atom. The van der Waals surface area contributed by atoms with Gasteiger partial charge in [-0.1, -0.05) is 36.2 Å². The minimum Gasteiger partial charge on any atom is -0.381 e. The summed E-state index contributed by atoms with van der Waals surface area (Å²) in [6.45, 7) is 6.17. The molecule has 0 aliphatic carbocycles. The molecule has 1 unspecified atom stereocenters. The standard InChI is InChI=1S/C29H33N3O3/c1-4-31-26-13-12-23(32-27(19-30(3)29(32)34)22-10-8-20(2)9-11-22)17-25(26)24(18-28(31)33)21-7-5-6-15-35-16-14-21/h8-13,17-19,21H,4-7,14-16H2,1-3H3. The number of imidazole rings is 1. The summed E-state index contributed by atoms with van der Waals surface area (Å²) in [4.78, 5) is 26.3. The summed E-state index contributed by atoms with van der Waals surface area (Å²) in [5, 5.41) is 1.04. The second-order valence-corrected chi connectivity index (χ2v) is 9.59. The van der Waals surface area contributed by atoms with Crippen LogP contribution in [0, 0.1) is 6.92 Å². The van der Waals surface area contributed by atoms with Crippen molar-refractivity contribution in [3.63, 3.8) is 0 Å². The Hall–Kier alpha value is -3.38. The molecule has 35 heavy (non-hydrogen) atoms. The molecular formula is C29H33N3O3. The Morgan fingerprint density at radius 3 is 2.54 bits per heavy atom. The summed E-state index contributed by atoms with van der Waals surface area (Å²) in [5.41, 5.74) is 5.75. The Morgan fingerprint density at radius 2 is 1.77 bits per heavy atom. The van der Waals surface area contributed by atoms with Gasteiger partial charge in [-0.2, -0.15) is 0 Å². The molecule has 6 heteroatoms. The molecule has 0 amide bonds. The highest BCUT2D eigenvalue weighted by molar-refractivity contribution is 5.85. The number of rotatable bonds is 4. The van der Waals surface area contributed by atoms with E-state index in [1.54, 1.807) is 16.2 Å². The molecule has 2 aromatic carbocycles. The van der Waals surface area contributed by atoms with E-state index in [4.69, 9.17) is 4.74 Å². The lowest BCUT2D eigenvalue weighted by molar-refractivity contribution is 0.111. The van der Waals surface area contributed by atoms with Gasteiger partial charge in [-0.15, -0.1) is 0 Å². The first-order chi connectivity index (χ1) is 17.0. The zero-order chi connectivity index (χ0) is 24.5. The largest absolute Gasteiger partial charge is 0.381 e. The summed E-state index contributed by atoms with van der Waals surface area (Å²) in [7, 11) is 1.78. The molecule has 4 aromatic rings. The number of hydrogen-bond acceptors (Lipinski definition) is 3. The zero-order valence-electron chi connectivity index (χ0n) is 20.8. The van der Waals surface area contributed by atoms with Gasteiger partial charge in [0.15, 0.2) is 0 Å². The molecule has 182 valence electrons. The molecular weight excluding hydrogens is 438 g/mol. The van der Waals surface area contributed by atoms with E-state index in [1.165, 1.54) is 5.56 Å². The van der Waals surface area contributed by atoms with Gasteiger partial charge < -0.3 is 13.9 Å². The summed E-state index contributed by atoms with van der Waals surface area (Å²) in [5.74, 6) is 0.260. The number of pyridine rings is 1. The molecule has 0 saturated carbocycles. The summed E-state index contributed by atoms with van der Waals surface area (Å²) < 4.78 is 11.0. The van der Waals surface area contributed by atoms with E-state index in [0.717, 1.165) is 65.7 Å². The van der Waals surface area contributed by atoms with Crippen molar-refractivity contribution in [3.05, 3.63) is 86.7 Å². The molecule has 1 aliphatic rings. The van der Waals surface area contributed by atoms with E-state index in [1.807, 2.05) is 35.9 Å². The van der Waals surface area contributed by atoms with Crippen LogP contribution in [0.15, 0.2) is 64.3 Å². The average molecular weight is 472 g/mol. The first-order valence-corrected chi connectivity index (χ1v) is 12.6. The zero-order valence-corrected chi connectivity index (χ0v) is 20.8. The van der Waals surface area contributed by atoms with Crippen molar-refractivity contribution in [2.45, 2.75) is 52.0 Å². The fraction of sp³-hybridized carbons (Fsp3) is 0.379. The van der Waals surface area contributed by atoms with Crippen LogP contribution in [-0.4, -0.2) is 26.9 Å². The maximum Gasteiger partial charge on any atom is 0.332 e. The highest BCUT2D eigenvalue weighted by atomic mass is 16.5. The van der Waals surface area contributed by atoms with Crippen molar-refractivity contribution in [1.29, 1.82) is 0 Å². The number of benzene rings is 2. The van der Waals surface area contributed by atoms with Crippen LogP contribution in [0.4, 0.5) is 0 Å². The van der Waals surface area contributed by atoms with Gasteiger partial charge in [-0.05, 0) is 62.8 Å². The number of ether oxygens (including phenoxy) is 1. The molecule has 0 radical (unpaired) electrons. The number of nitrogens with zero attached hydrogens (tertiary/aromatic N) is 3. The van der Waals surface area contributed by atoms with E-state index in [-0.39, 0.29) is 17.2 Å². The molecule has 0 N–H and O–H groups in total. The minimum atomic E-state index is -0.0929. The maximum absolute atomic E-state index is 13.3. The number of fused-ring (bicyclic) bond motifs is 1. The van der Waals surface area contributed by atoms with E-state index in [9.17, 15) is 9.59 Å². The molecule has 0 spiro atoms. The van der Waals surface area contributed by atoms with Crippen molar-refractivity contribution in [1.82, 2.24) is 13.7 Å². The molecule has 0 bridgehead atoms. The number of aromatic nitrogens is 3. The molecule has 5 rings (SSSR count). The third-order valence-electron chi connectivity index (χ3n) is 7.24. The topological polar surface area (TPSA) is 58.2 Å². The molecule has 3 heterocycles. The van der Waals surface area contributed by atoms with Crippen molar-refractivity contribution < 1.29 is 4.74 Å². The van der Waals surface area contributed by atoms with Crippen molar-refractivity contribution in [2.24, 2.45) is 7.05 Å². The second-order valence-electron chi connectivity index (χ2n) is 9.59. The second kappa shape index (κ2) is 9.70. The monoisotopic (exact) mass is 471 g/mol. The van der Waals surface area contributed by atoms with Crippen molar-refractivity contribution in [2.75, 3.05) is 13.2 Å². The normalized spacial score (nSPS) is 16.8. The van der Waals surface area contributed by atoms with Crippen LogP contribution >= 0.6 is 0 Å². The van der Waals surface area contributed by atoms with Crippen LogP contribution in [0.1, 0.15) is 49.7 Å². The van der Waals surface area contributed by atoms with E-state index in [0.29, 0.717) is 13.2 Å². The van der Waals surface area contributed by atoms with Gasteiger partial charge >= 0.3 is 5.69 Å². The summed E-state index contributed by atoms with van der Waals surface area (Å²) in [6, 6.07) is 16.1. The van der Waals surface area contributed by atoms with Gasteiger partial charge in [-0.3, -0.25) is 9.36 Å². The molecule has 1 fully saturated rings. The van der Waals surface area contributed by atoms with Gasteiger partial charge in [0.25, 0.3) is 5.56 Å². The summed E-state index contributed by atoms with van der Waals surface area (Å²) >= 11 is 0. The smallest absolute Gasteiger partial charge is 0.332 e. The highest BCUT2D eigenvalue weighted by Gasteiger charge is 2.20. The van der Waals surface area contributed by atoms with Gasteiger partial charge in [0, 0.05) is 50.0 Å². The molecule has 1 atom stereocenters. The first kappa shape index (κ1) is 23.4. The van der Waals surface area contributed by atoms with Crippen molar-refractivity contribution >= 4 is 10.9 Å². The maximum atomic E-state index is 13.3. The van der Waals surface area contributed by atoms with Gasteiger partial charge in [0.2, 0.25) is 0 Å². The predicted molar refractivity (Wildman–Crippen MR) is 141 cm³/mol. The lowest BCUT2D eigenvalue weighted by Crippen LogP contribution is -2.23. The van der Waals surface area contributed by atoms with Gasteiger partial charge in [-0.25, -0.2) is 4.79 Å². The fourth-order valence-corrected chi connectivity index (χ4v) is 5.31. The van der Waals surface area contributed by atoms with Crippen LogP contribution in [0.2, 0.25) is 0 Å².